The van der Waals surface area contributed by atoms with Crippen molar-refractivity contribution in [1.82, 2.24) is 10.9 Å². The number of hydrazine groups is 1. The molecule has 0 radical (unpaired) electrons. The van der Waals surface area contributed by atoms with Crippen LogP contribution in [0.15, 0.2) is 47.9 Å². The van der Waals surface area contributed by atoms with Crippen molar-refractivity contribution < 1.29 is 9.35 Å². The molecule has 1 aromatic carbocycles. The van der Waals surface area contributed by atoms with Crippen molar-refractivity contribution in [2.24, 2.45) is 0 Å². The maximum Gasteiger partial charge on any atom is 0.234 e. The van der Waals surface area contributed by atoms with E-state index in [9.17, 15) is 9.35 Å². The summed E-state index contributed by atoms with van der Waals surface area (Å²) in [5.41, 5.74) is 6.55. The normalized spacial score (nSPS) is 20.6. The maximum absolute atomic E-state index is 11.9. The van der Waals surface area contributed by atoms with Gasteiger partial charge in [-0.25, -0.2) is 5.43 Å². The summed E-state index contributed by atoms with van der Waals surface area (Å²) < 4.78 is 11.9. The summed E-state index contributed by atoms with van der Waals surface area (Å²) in [5, 5.41) is 0. The van der Waals surface area contributed by atoms with Gasteiger partial charge in [-0.05, 0) is 35.3 Å². The predicted octanol–water partition coefficient (Wildman–Crippen LogP) is 1.78. The first-order valence-electron chi connectivity index (χ1n) is 6.51. The minimum atomic E-state index is -1.03. The molecular formula is C15H18N2O2S. The topological polar surface area (TPSA) is 64.2 Å². The summed E-state index contributed by atoms with van der Waals surface area (Å²) in [6.07, 6.45) is 6.96. The second kappa shape index (κ2) is 7.28. The molecule has 0 aliphatic carbocycles. The Kier molecular flexibility index (Phi) is 5.40. The van der Waals surface area contributed by atoms with E-state index in [1.165, 1.54) is 0 Å². The highest BCUT2D eigenvalue weighted by Gasteiger charge is 2.14. The van der Waals surface area contributed by atoms with Crippen LogP contribution in [0.1, 0.15) is 18.4 Å². The molecule has 1 fully saturated rings. The number of amides is 1. The van der Waals surface area contributed by atoms with E-state index in [0.717, 1.165) is 16.9 Å². The van der Waals surface area contributed by atoms with Crippen LogP contribution in [0.2, 0.25) is 0 Å². The highest BCUT2D eigenvalue weighted by molar-refractivity contribution is 7.91. The van der Waals surface area contributed by atoms with Crippen LogP contribution in [0, 0.1) is 0 Å². The van der Waals surface area contributed by atoms with E-state index in [1.807, 2.05) is 36.4 Å². The summed E-state index contributed by atoms with van der Waals surface area (Å²) in [5.74, 6) is 0.486. The Balaban J connectivity index is 2.00. The van der Waals surface area contributed by atoms with Crippen molar-refractivity contribution in [3.63, 3.8) is 0 Å². The van der Waals surface area contributed by atoms with Gasteiger partial charge in [-0.1, -0.05) is 30.9 Å². The number of hydrogen-bond acceptors (Lipinski definition) is 3. The molecule has 1 aromatic rings. The Hall–Kier alpha value is -1.56. The van der Waals surface area contributed by atoms with Crippen molar-refractivity contribution in [3.8, 4) is 0 Å². The Morgan fingerprint density at radius 1 is 1.50 bits per heavy atom. The molecule has 2 N–H and O–H groups in total. The molecule has 1 amide bonds. The van der Waals surface area contributed by atoms with Gasteiger partial charge in [0.15, 0.2) is 4.90 Å². The highest BCUT2D eigenvalue weighted by Crippen LogP contribution is 2.15. The molecule has 0 spiro atoms. The number of carbonyl (C=O) groups is 1. The molecule has 0 bridgehead atoms. The van der Waals surface area contributed by atoms with E-state index < -0.39 is 11.2 Å². The lowest BCUT2D eigenvalue weighted by atomic mass is 10.1. The molecule has 1 saturated heterocycles. The molecule has 1 heterocycles. The van der Waals surface area contributed by atoms with Crippen LogP contribution in [0.3, 0.4) is 0 Å². The third kappa shape index (κ3) is 4.23. The van der Waals surface area contributed by atoms with E-state index >= 15 is 0 Å². The summed E-state index contributed by atoms with van der Waals surface area (Å²) in [7, 11) is 0. The van der Waals surface area contributed by atoms with Gasteiger partial charge in [-0.3, -0.25) is 10.2 Å². The van der Waals surface area contributed by atoms with Crippen molar-refractivity contribution in [3.05, 3.63) is 48.6 Å². The van der Waals surface area contributed by atoms with Crippen molar-refractivity contribution in [1.29, 1.82) is 0 Å². The quantitative estimate of drug-likeness (QED) is 0.642. The lowest BCUT2D eigenvalue weighted by molar-refractivity contribution is -0.123. The minimum Gasteiger partial charge on any atom is -0.611 e. The number of hydrogen-bond donors (Lipinski definition) is 2. The van der Waals surface area contributed by atoms with Gasteiger partial charge in [0.05, 0.1) is 0 Å². The van der Waals surface area contributed by atoms with E-state index in [1.54, 1.807) is 6.08 Å². The van der Waals surface area contributed by atoms with Crippen LogP contribution < -0.4 is 10.9 Å². The van der Waals surface area contributed by atoms with Crippen LogP contribution in [0.5, 0.6) is 0 Å². The zero-order valence-electron chi connectivity index (χ0n) is 11.2. The fraction of sp³-hybridized carbons (Fsp3) is 0.267. The molecule has 5 heteroatoms. The summed E-state index contributed by atoms with van der Waals surface area (Å²) in [4.78, 5) is 11.8. The molecule has 0 saturated carbocycles. The van der Waals surface area contributed by atoms with E-state index in [4.69, 9.17) is 0 Å². The van der Waals surface area contributed by atoms with E-state index in [2.05, 4.69) is 17.4 Å². The second-order valence-corrected chi connectivity index (χ2v) is 6.07. The van der Waals surface area contributed by atoms with Crippen LogP contribution in [-0.2, 0) is 16.0 Å². The maximum atomic E-state index is 11.9. The van der Waals surface area contributed by atoms with Crippen molar-refractivity contribution >= 4 is 23.2 Å². The summed E-state index contributed by atoms with van der Waals surface area (Å²) in [6, 6.07) is 7.77. The minimum absolute atomic E-state index is 0.0245. The number of carbonyl (C=O) groups excluding carboxylic acids is 1. The standard InChI is InChI=1S/C15H18N2O2S/c1-2-10-20(19)14-5-3-4-12(11-14)6-7-13-8-9-15(18)17-16-13/h2-7,11,13,16H,1,8-10H2,(H,17,18)/b7-6+. The fourth-order valence-electron chi connectivity index (χ4n) is 1.93. The largest absolute Gasteiger partial charge is 0.611 e. The summed E-state index contributed by atoms with van der Waals surface area (Å²) >= 11 is -1.03. The fourth-order valence-corrected chi connectivity index (χ4v) is 2.83. The molecule has 0 aromatic heterocycles. The van der Waals surface area contributed by atoms with Gasteiger partial charge in [0.1, 0.15) is 5.75 Å². The summed E-state index contributed by atoms with van der Waals surface area (Å²) in [6.45, 7) is 3.60. The molecule has 2 atom stereocenters. The monoisotopic (exact) mass is 290 g/mol. The third-order valence-electron chi connectivity index (χ3n) is 2.99. The Morgan fingerprint density at radius 3 is 3.05 bits per heavy atom. The molecule has 20 heavy (non-hydrogen) atoms. The van der Waals surface area contributed by atoms with Gasteiger partial charge in [0.2, 0.25) is 5.91 Å². The van der Waals surface area contributed by atoms with Crippen LogP contribution in [-0.4, -0.2) is 22.3 Å². The van der Waals surface area contributed by atoms with E-state index in [-0.39, 0.29) is 11.9 Å². The van der Waals surface area contributed by atoms with Crippen LogP contribution in [0.25, 0.3) is 6.08 Å². The smallest absolute Gasteiger partial charge is 0.234 e. The second-order valence-electron chi connectivity index (χ2n) is 4.57. The average molecular weight is 290 g/mol. The molecule has 4 nitrogen and oxygen atoms in total. The Labute approximate surface area is 122 Å². The number of nitrogens with one attached hydrogen (secondary N) is 2. The predicted molar refractivity (Wildman–Crippen MR) is 81.2 cm³/mol. The third-order valence-corrected chi connectivity index (χ3v) is 4.31. The zero-order valence-corrected chi connectivity index (χ0v) is 12.0. The molecule has 2 rings (SSSR count). The highest BCUT2D eigenvalue weighted by atomic mass is 32.2. The Morgan fingerprint density at radius 2 is 2.35 bits per heavy atom. The first-order chi connectivity index (χ1) is 9.69. The molecule has 1 aliphatic heterocycles. The van der Waals surface area contributed by atoms with E-state index in [0.29, 0.717) is 12.2 Å². The average Bonchev–Trinajstić information content (AvgIpc) is 2.47. The SMILES string of the molecule is C=CC[S+]([O-])c1cccc(/C=C/C2CCC(=O)NN2)c1. The van der Waals surface area contributed by atoms with Gasteiger partial charge >= 0.3 is 0 Å². The van der Waals surface area contributed by atoms with Crippen molar-refractivity contribution in [2.45, 2.75) is 23.8 Å². The molecule has 1 aliphatic rings. The number of benzene rings is 1. The number of rotatable bonds is 5. The van der Waals surface area contributed by atoms with Crippen LogP contribution in [0.4, 0.5) is 0 Å². The molecule has 106 valence electrons. The first kappa shape index (κ1) is 14.8. The molecule has 2 unspecified atom stereocenters. The van der Waals surface area contributed by atoms with Gasteiger partial charge < -0.3 is 4.55 Å². The van der Waals surface area contributed by atoms with Gasteiger partial charge in [0, 0.05) is 18.5 Å². The van der Waals surface area contributed by atoms with Crippen LogP contribution >= 0.6 is 0 Å². The van der Waals surface area contributed by atoms with Crippen molar-refractivity contribution in [2.75, 3.05) is 5.75 Å². The zero-order chi connectivity index (χ0) is 14.4. The van der Waals surface area contributed by atoms with Gasteiger partial charge in [0.25, 0.3) is 0 Å². The Bertz CT molecular complexity index is 506. The molecular weight excluding hydrogens is 272 g/mol. The first-order valence-corrected chi connectivity index (χ1v) is 7.83. The lowest BCUT2D eigenvalue weighted by Crippen LogP contribution is -2.48. The van der Waals surface area contributed by atoms with Gasteiger partial charge in [-0.15, -0.1) is 0 Å². The van der Waals surface area contributed by atoms with Gasteiger partial charge in [-0.2, -0.15) is 0 Å². The lowest BCUT2D eigenvalue weighted by Gasteiger charge is -2.20.